The molecule has 0 unspecified atom stereocenters. The molecule has 1 radical (unpaired) electrons. The number of pyridine rings is 1. The summed E-state index contributed by atoms with van der Waals surface area (Å²) in [4.78, 5) is 9.65. The predicted octanol–water partition coefficient (Wildman–Crippen LogP) is 13.9. The van der Waals surface area contributed by atoms with Crippen molar-refractivity contribution in [3.63, 3.8) is 0 Å². The van der Waals surface area contributed by atoms with Gasteiger partial charge >= 0.3 is 0 Å². The molecule has 299 valence electrons. The number of imidazole rings is 1. The Morgan fingerprint density at radius 3 is 2.27 bits per heavy atom. The Bertz CT molecular complexity index is 2990. The number of hydrogen-bond acceptors (Lipinski definition) is 3. The van der Waals surface area contributed by atoms with Crippen molar-refractivity contribution in [3.05, 3.63) is 168 Å². The van der Waals surface area contributed by atoms with E-state index < -0.39 is 20.8 Å². The van der Waals surface area contributed by atoms with Crippen LogP contribution in [0, 0.1) is 19.0 Å². The first-order valence-electron chi connectivity index (χ1n) is 21.8. The van der Waals surface area contributed by atoms with Gasteiger partial charge in [-0.25, -0.2) is 0 Å². The van der Waals surface area contributed by atoms with E-state index in [1.165, 1.54) is 16.8 Å². The smallest absolute Gasteiger partial charge is 0.121 e. The standard InChI is InChI=1S/C38H33N2O.C15H18NSi.Ir/c1-24(2)26-18-20-28-29-14-11-15-30(36(29)41-35(28)22-26)37-39-32-16-9-10-17-34(32)40(37)33-21-19-27(38(3,4)5)23-31(33)25-12-7-6-8-13-25;1-12-5-7-13(8-6-12)15-10-9-14(11-16-15)17(2,3)4;/h6-14,16-24H,1-5H3;5-7,9-11H,1-4H3;/q2*-1;/i24D;1D3;. The third kappa shape index (κ3) is 8.54. The van der Waals surface area contributed by atoms with E-state index in [1.54, 1.807) is 12.1 Å². The van der Waals surface area contributed by atoms with Crippen LogP contribution in [0.5, 0.6) is 0 Å². The van der Waals surface area contributed by atoms with Gasteiger partial charge in [-0.3, -0.25) is 4.98 Å². The molecule has 0 aliphatic heterocycles. The summed E-state index contributed by atoms with van der Waals surface area (Å²) in [5.74, 6) is 0.0611. The van der Waals surface area contributed by atoms with Gasteiger partial charge in [-0.15, -0.1) is 53.6 Å². The molecule has 0 bridgehead atoms. The third-order valence-electron chi connectivity index (χ3n) is 10.7. The van der Waals surface area contributed by atoms with Crippen LogP contribution in [0.2, 0.25) is 19.6 Å². The molecule has 59 heavy (non-hydrogen) atoms. The Hall–Kier alpha value is -5.39. The zero-order valence-corrected chi connectivity index (χ0v) is 38.3. The third-order valence-corrected chi connectivity index (χ3v) is 12.7. The van der Waals surface area contributed by atoms with Crippen molar-refractivity contribution in [3.8, 4) is 39.5 Å². The number of fused-ring (bicyclic) bond motifs is 4. The first kappa shape index (κ1) is 36.7. The van der Waals surface area contributed by atoms with Crippen molar-refractivity contribution in [1.29, 1.82) is 0 Å². The minimum atomic E-state index is -2.08. The van der Waals surface area contributed by atoms with Gasteiger partial charge in [0.1, 0.15) is 5.58 Å². The van der Waals surface area contributed by atoms with Crippen molar-refractivity contribution in [1.82, 2.24) is 14.5 Å². The Labute approximate surface area is 369 Å². The van der Waals surface area contributed by atoms with Crippen LogP contribution in [-0.2, 0) is 25.5 Å². The average Bonchev–Trinajstić information content (AvgIpc) is 3.81. The second kappa shape index (κ2) is 16.7. The van der Waals surface area contributed by atoms with Crippen molar-refractivity contribution < 1.29 is 30.0 Å². The molecule has 9 rings (SSSR count). The average molecular weight is 970 g/mol. The number of aryl methyl sites for hydroxylation is 1. The van der Waals surface area contributed by atoms with E-state index in [1.807, 2.05) is 50.4 Å². The van der Waals surface area contributed by atoms with Gasteiger partial charge in [0, 0.05) is 48.4 Å². The first-order valence-corrected chi connectivity index (χ1v) is 23.3. The molecule has 6 heteroatoms. The number of furan rings is 1. The topological polar surface area (TPSA) is 43.9 Å². The SMILES string of the molecule is [2H]C(C)(C)c1ccc2c(c1)oc1c(-c3nc4ccccc4n3-c3ccc(C(C)(C)C)cc3-c3ccccc3)[c-]ccc12.[2H]C([2H])([2H])c1c[c-]c(-c2ccc([Si](C)(C)C)cn2)cc1.[Ir]. The van der Waals surface area contributed by atoms with Gasteiger partial charge in [0.05, 0.1) is 30.5 Å². The summed E-state index contributed by atoms with van der Waals surface area (Å²) in [5, 5.41) is 3.34. The van der Waals surface area contributed by atoms with Gasteiger partial charge in [-0.2, -0.15) is 0 Å². The van der Waals surface area contributed by atoms with Crippen molar-refractivity contribution in [2.45, 2.75) is 72.4 Å². The molecule has 0 fully saturated rings. The van der Waals surface area contributed by atoms with Crippen molar-refractivity contribution in [2.24, 2.45) is 0 Å². The van der Waals surface area contributed by atoms with Crippen molar-refractivity contribution in [2.75, 3.05) is 0 Å². The summed E-state index contributed by atoms with van der Waals surface area (Å²) >= 11 is 0. The van der Waals surface area contributed by atoms with E-state index in [0.29, 0.717) is 5.56 Å². The van der Waals surface area contributed by atoms with E-state index in [-0.39, 0.29) is 25.5 Å². The second-order valence-electron chi connectivity index (χ2n) is 17.2. The summed E-state index contributed by atoms with van der Waals surface area (Å²) in [6, 6.07) is 51.2. The molecule has 0 aliphatic carbocycles. The van der Waals surface area contributed by atoms with Gasteiger partial charge in [0.15, 0.2) is 0 Å². The molecule has 0 atom stereocenters. The van der Waals surface area contributed by atoms with E-state index >= 15 is 0 Å². The fourth-order valence-electron chi connectivity index (χ4n) is 7.28. The molecular formula is C53H51IrN3OSi-2. The number of para-hydroxylation sites is 2. The molecule has 3 heterocycles. The van der Waals surface area contributed by atoms with Crippen molar-refractivity contribution >= 4 is 46.2 Å². The molecule has 0 N–H and O–H groups in total. The fraction of sp³-hybridized carbons (Fsp3) is 0.208. The first-order chi connectivity index (χ1) is 29.3. The minimum Gasteiger partial charge on any atom is -0.501 e. The maximum absolute atomic E-state index is 8.53. The van der Waals surface area contributed by atoms with E-state index in [9.17, 15) is 0 Å². The largest absolute Gasteiger partial charge is 0.501 e. The predicted molar refractivity (Wildman–Crippen MR) is 247 cm³/mol. The Morgan fingerprint density at radius 1 is 0.814 bits per heavy atom. The van der Waals surface area contributed by atoms with E-state index in [4.69, 9.17) is 14.9 Å². The minimum absolute atomic E-state index is 0. The Balaban J connectivity index is 0.000000239. The second-order valence-corrected chi connectivity index (χ2v) is 22.3. The number of nitrogens with zero attached hydrogens (tertiary/aromatic N) is 3. The van der Waals surface area contributed by atoms with Crippen LogP contribution in [0.1, 0.15) is 62.7 Å². The zero-order valence-electron chi connectivity index (χ0n) is 38.9. The number of hydrogen-bond donors (Lipinski definition) is 0. The molecule has 0 saturated heterocycles. The maximum atomic E-state index is 8.53. The van der Waals surface area contributed by atoms with Crippen LogP contribution in [0.15, 0.2) is 144 Å². The monoisotopic (exact) mass is 970 g/mol. The quantitative estimate of drug-likeness (QED) is 0.123. The van der Waals surface area contributed by atoms with Crippen LogP contribution in [-0.4, -0.2) is 22.6 Å². The number of benzene rings is 6. The van der Waals surface area contributed by atoms with Crippen LogP contribution in [0.25, 0.3) is 72.4 Å². The van der Waals surface area contributed by atoms with Crippen LogP contribution in [0.4, 0.5) is 0 Å². The molecule has 9 aromatic rings. The Morgan fingerprint density at radius 2 is 1.59 bits per heavy atom. The molecular weight excluding hydrogens is 915 g/mol. The summed E-state index contributed by atoms with van der Waals surface area (Å²) in [6.45, 7) is 15.3. The fourth-order valence-corrected chi connectivity index (χ4v) is 8.32. The molecule has 0 aliphatic rings. The molecule has 4 nitrogen and oxygen atoms in total. The molecule has 6 aromatic carbocycles. The summed E-state index contributed by atoms with van der Waals surface area (Å²) in [7, 11) is -1.34. The zero-order chi connectivity index (χ0) is 44.2. The molecule has 3 aromatic heterocycles. The number of aromatic nitrogens is 3. The van der Waals surface area contributed by atoms with E-state index in [2.05, 4.69) is 147 Å². The summed E-state index contributed by atoms with van der Waals surface area (Å²) in [6.07, 6.45) is 1.92. The number of rotatable bonds is 6. The van der Waals surface area contributed by atoms with Gasteiger partial charge in [0.2, 0.25) is 0 Å². The van der Waals surface area contributed by atoms with Crippen LogP contribution in [0.3, 0.4) is 0 Å². The summed E-state index contributed by atoms with van der Waals surface area (Å²) in [5.41, 5.74) is 11.7. The normalized spacial score (nSPS) is 13.2. The Kier molecular flexibility index (Phi) is 10.4. The van der Waals surface area contributed by atoms with E-state index in [0.717, 1.165) is 78.0 Å². The van der Waals surface area contributed by atoms with Gasteiger partial charge in [0.25, 0.3) is 0 Å². The van der Waals surface area contributed by atoms with Gasteiger partial charge in [-0.1, -0.05) is 145 Å². The molecule has 0 spiro atoms. The van der Waals surface area contributed by atoms with Gasteiger partial charge < -0.3 is 14.0 Å². The van der Waals surface area contributed by atoms with Crippen LogP contribution >= 0.6 is 0 Å². The summed E-state index contributed by atoms with van der Waals surface area (Å²) < 4.78 is 39.4. The van der Waals surface area contributed by atoms with Gasteiger partial charge in [-0.05, 0) is 69.2 Å². The molecule has 0 amide bonds. The van der Waals surface area contributed by atoms with Crippen LogP contribution < -0.4 is 5.19 Å². The maximum Gasteiger partial charge on any atom is 0.121 e. The molecule has 0 saturated carbocycles.